The van der Waals surface area contributed by atoms with Gasteiger partial charge in [0.2, 0.25) is 5.91 Å². The molecule has 1 aromatic rings. The van der Waals surface area contributed by atoms with Gasteiger partial charge in [0.1, 0.15) is 11.8 Å². The highest BCUT2D eigenvalue weighted by Crippen LogP contribution is 2.21. The van der Waals surface area contributed by atoms with Gasteiger partial charge in [-0.1, -0.05) is 25.1 Å². The summed E-state index contributed by atoms with van der Waals surface area (Å²) < 4.78 is 5.58. The van der Waals surface area contributed by atoms with E-state index in [1.165, 1.54) is 4.90 Å². The summed E-state index contributed by atoms with van der Waals surface area (Å²) in [5.74, 6) is -0.444. The van der Waals surface area contributed by atoms with E-state index in [1.54, 1.807) is 0 Å². The SMILES string of the molecule is CC(CCOc1ccccc1)C(=O)N1CCCC1C(=O)O. The maximum atomic E-state index is 12.3. The maximum Gasteiger partial charge on any atom is 0.326 e. The molecule has 1 saturated heterocycles. The second-order valence-corrected chi connectivity index (χ2v) is 5.38. The second-order valence-electron chi connectivity index (χ2n) is 5.38. The Morgan fingerprint density at radius 2 is 2.10 bits per heavy atom. The third kappa shape index (κ3) is 3.97. The van der Waals surface area contributed by atoms with Crippen molar-refractivity contribution in [1.29, 1.82) is 0 Å². The number of rotatable bonds is 6. The van der Waals surface area contributed by atoms with Crippen LogP contribution in [0.3, 0.4) is 0 Å². The van der Waals surface area contributed by atoms with Gasteiger partial charge in [0.25, 0.3) is 0 Å². The van der Waals surface area contributed by atoms with E-state index in [0.29, 0.717) is 26.0 Å². The molecule has 0 bridgehead atoms. The summed E-state index contributed by atoms with van der Waals surface area (Å²) in [7, 11) is 0. The van der Waals surface area contributed by atoms with E-state index in [9.17, 15) is 9.59 Å². The molecule has 1 aliphatic rings. The Morgan fingerprint density at radius 1 is 1.38 bits per heavy atom. The van der Waals surface area contributed by atoms with Crippen LogP contribution in [0.2, 0.25) is 0 Å². The fourth-order valence-corrected chi connectivity index (χ4v) is 2.56. The normalized spacial score (nSPS) is 19.3. The van der Waals surface area contributed by atoms with Gasteiger partial charge in [-0.25, -0.2) is 4.79 Å². The van der Waals surface area contributed by atoms with Gasteiger partial charge in [-0.15, -0.1) is 0 Å². The fraction of sp³-hybridized carbons (Fsp3) is 0.500. The first kappa shape index (κ1) is 15.4. The Morgan fingerprint density at radius 3 is 2.76 bits per heavy atom. The molecule has 2 unspecified atom stereocenters. The second kappa shape index (κ2) is 7.11. The molecule has 1 aliphatic heterocycles. The van der Waals surface area contributed by atoms with Crippen molar-refractivity contribution < 1.29 is 19.4 Å². The zero-order valence-electron chi connectivity index (χ0n) is 12.2. The van der Waals surface area contributed by atoms with E-state index in [4.69, 9.17) is 9.84 Å². The molecule has 2 atom stereocenters. The quantitative estimate of drug-likeness (QED) is 0.872. The van der Waals surface area contributed by atoms with Crippen LogP contribution in [0.15, 0.2) is 30.3 Å². The van der Waals surface area contributed by atoms with E-state index >= 15 is 0 Å². The van der Waals surface area contributed by atoms with E-state index in [-0.39, 0.29) is 11.8 Å². The zero-order chi connectivity index (χ0) is 15.2. The van der Waals surface area contributed by atoms with Crippen LogP contribution in [-0.2, 0) is 9.59 Å². The number of amides is 1. The Kier molecular flexibility index (Phi) is 5.20. The van der Waals surface area contributed by atoms with Crippen molar-refractivity contribution in [2.45, 2.75) is 32.2 Å². The van der Waals surface area contributed by atoms with Crippen molar-refractivity contribution in [2.75, 3.05) is 13.2 Å². The monoisotopic (exact) mass is 291 g/mol. The Balaban J connectivity index is 1.81. The third-order valence-electron chi connectivity index (χ3n) is 3.81. The van der Waals surface area contributed by atoms with Crippen LogP contribution >= 0.6 is 0 Å². The highest BCUT2D eigenvalue weighted by atomic mass is 16.5. The molecule has 0 radical (unpaired) electrons. The van der Waals surface area contributed by atoms with Crippen molar-refractivity contribution in [1.82, 2.24) is 4.90 Å². The van der Waals surface area contributed by atoms with Crippen LogP contribution in [-0.4, -0.2) is 41.1 Å². The largest absolute Gasteiger partial charge is 0.494 e. The molecule has 2 rings (SSSR count). The zero-order valence-corrected chi connectivity index (χ0v) is 12.2. The molecular weight excluding hydrogens is 270 g/mol. The molecule has 114 valence electrons. The maximum absolute atomic E-state index is 12.3. The number of benzene rings is 1. The average Bonchev–Trinajstić information content (AvgIpc) is 2.97. The van der Waals surface area contributed by atoms with E-state index < -0.39 is 12.0 Å². The first-order valence-electron chi connectivity index (χ1n) is 7.30. The van der Waals surface area contributed by atoms with Crippen molar-refractivity contribution in [3.05, 3.63) is 30.3 Å². The molecule has 21 heavy (non-hydrogen) atoms. The van der Waals surface area contributed by atoms with Crippen LogP contribution < -0.4 is 4.74 Å². The third-order valence-corrected chi connectivity index (χ3v) is 3.81. The number of carbonyl (C=O) groups is 2. The van der Waals surface area contributed by atoms with Gasteiger partial charge >= 0.3 is 5.97 Å². The van der Waals surface area contributed by atoms with Crippen molar-refractivity contribution in [2.24, 2.45) is 5.92 Å². The number of nitrogens with zero attached hydrogens (tertiary/aromatic N) is 1. The van der Waals surface area contributed by atoms with Gasteiger partial charge in [-0.3, -0.25) is 4.79 Å². The number of para-hydroxylation sites is 1. The summed E-state index contributed by atoms with van der Waals surface area (Å²) in [6.45, 7) is 2.82. The highest BCUT2D eigenvalue weighted by molar-refractivity contribution is 5.85. The van der Waals surface area contributed by atoms with Gasteiger partial charge in [0, 0.05) is 12.5 Å². The fourth-order valence-electron chi connectivity index (χ4n) is 2.56. The number of aliphatic carboxylic acids is 1. The molecule has 1 N–H and O–H groups in total. The molecule has 1 amide bonds. The number of likely N-dealkylation sites (tertiary alicyclic amines) is 1. The summed E-state index contributed by atoms with van der Waals surface area (Å²) in [6, 6.07) is 8.78. The summed E-state index contributed by atoms with van der Waals surface area (Å²) in [4.78, 5) is 24.9. The van der Waals surface area contributed by atoms with Gasteiger partial charge in [0.15, 0.2) is 0 Å². The Hall–Kier alpha value is -2.04. The van der Waals surface area contributed by atoms with Crippen LogP contribution in [0.4, 0.5) is 0 Å². The number of carbonyl (C=O) groups excluding carboxylic acids is 1. The van der Waals surface area contributed by atoms with E-state index in [1.807, 2.05) is 37.3 Å². The van der Waals surface area contributed by atoms with Crippen LogP contribution in [0.1, 0.15) is 26.2 Å². The lowest BCUT2D eigenvalue weighted by molar-refractivity contribution is -0.149. The smallest absolute Gasteiger partial charge is 0.326 e. The summed E-state index contributed by atoms with van der Waals surface area (Å²) >= 11 is 0. The van der Waals surface area contributed by atoms with Crippen LogP contribution in [0, 0.1) is 5.92 Å². The Labute approximate surface area is 124 Å². The minimum absolute atomic E-state index is 0.0865. The van der Waals surface area contributed by atoms with Gasteiger partial charge < -0.3 is 14.7 Å². The minimum atomic E-state index is -0.909. The molecule has 0 spiro atoms. The molecule has 1 heterocycles. The predicted octanol–water partition coefficient (Wildman–Crippen LogP) is 2.17. The average molecular weight is 291 g/mol. The molecule has 0 saturated carbocycles. The van der Waals surface area contributed by atoms with Gasteiger partial charge in [-0.2, -0.15) is 0 Å². The van der Waals surface area contributed by atoms with Crippen molar-refractivity contribution in [3.8, 4) is 5.75 Å². The standard InChI is InChI=1S/C16H21NO4/c1-12(9-11-21-13-6-3-2-4-7-13)15(18)17-10-5-8-14(17)16(19)20/h2-4,6-7,12,14H,5,8-11H2,1H3,(H,19,20). The lowest BCUT2D eigenvalue weighted by Gasteiger charge is -2.24. The summed E-state index contributed by atoms with van der Waals surface area (Å²) in [6.07, 6.45) is 1.89. The molecule has 0 aliphatic carbocycles. The molecule has 1 aromatic carbocycles. The molecule has 0 aromatic heterocycles. The molecule has 5 heteroatoms. The number of carboxylic acids is 1. The van der Waals surface area contributed by atoms with Crippen LogP contribution in [0.5, 0.6) is 5.75 Å². The topological polar surface area (TPSA) is 66.8 Å². The van der Waals surface area contributed by atoms with Gasteiger partial charge in [-0.05, 0) is 31.4 Å². The summed E-state index contributed by atoms with van der Waals surface area (Å²) in [5, 5.41) is 9.12. The number of hydrogen-bond donors (Lipinski definition) is 1. The number of hydrogen-bond acceptors (Lipinski definition) is 3. The van der Waals surface area contributed by atoms with E-state index in [0.717, 1.165) is 12.2 Å². The first-order chi connectivity index (χ1) is 10.1. The van der Waals surface area contributed by atoms with Crippen molar-refractivity contribution in [3.63, 3.8) is 0 Å². The number of carboxylic acid groups (broad SMARTS) is 1. The first-order valence-corrected chi connectivity index (χ1v) is 7.30. The lowest BCUT2D eigenvalue weighted by Crippen LogP contribution is -2.43. The van der Waals surface area contributed by atoms with E-state index in [2.05, 4.69) is 0 Å². The van der Waals surface area contributed by atoms with Crippen LogP contribution in [0.25, 0.3) is 0 Å². The number of ether oxygens (including phenoxy) is 1. The molecule has 5 nitrogen and oxygen atoms in total. The van der Waals surface area contributed by atoms with Gasteiger partial charge in [0.05, 0.1) is 6.61 Å². The Bertz CT molecular complexity index is 488. The highest BCUT2D eigenvalue weighted by Gasteiger charge is 2.35. The predicted molar refractivity (Wildman–Crippen MR) is 78.1 cm³/mol. The summed E-state index contributed by atoms with van der Waals surface area (Å²) in [5.41, 5.74) is 0. The minimum Gasteiger partial charge on any atom is -0.494 e. The molecule has 1 fully saturated rings. The molecular formula is C16H21NO4. The lowest BCUT2D eigenvalue weighted by atomic mass is 10.1. The van der Waals surface area contributed by atoms with Crippen molar-refractivity contribution >= 4 is 11.9 Å².